The molecule has 1 saturated heterocycles. The summed E-state index contributed by atoms with van der Waals surface area (Å²) < 4.78 is 0. The van der Waals surface area contributed by atoms with Crippen LogP contribution in [0.25, 0.3) is 0 Å². The Labute approximate surface area is 97.8 Å². The van der Waals surface area contributed by atoms with E-state index in [0.717, 1.165) is 0 Å². The van der Waals surface area contributed by atoms with Crippen molar-refractivity contribution in [2.75, 3.05) is 6.61 Å². The highest BCUT2D eigenvalue weighted by Gasteiger charge is 2.51. The minimum absolute atomic E-state index is 0.103. The number of piperidine rings is 1. The van der Waals surface area contributed by atoms with Gasteiger partial charge in [0.1, 0.15) is 0 Å². The SMILES string of the molecule is CC1(C)CC(O)(CCCO)CC(C)(C)N1O. The topological polar surface area (TPSA) is 63.9 Å². The van der Waals surface area contributed by atoms with Gasteiger partial charge in [-0.25, -0.2) is 0 Å². The van der Waals surface area contributed by atoms with E-state index in [1.807, 2.05) is 27.7 Å². The summed E-state index contributed by atoms with van der Waals surface area (Å²) in [5, 5.41) is 30.8. The third kappa shape index (κ3) is 2.74. The first-order valence-electron chi connectivity index (χ1n) is 5.95. The third-order valence-corrected chi connectivity index (χ3v) is 3.47. The first kappa shape index (κ1) is 13.9. The van der Waals surface area contributed by atoms with Crippen LogP contribution < -0.4 is 0 Å². The summed E-state index contributed by atoms with van der Waals surface area (Å²) in [7, 11) is 0. The van der Waals surface area contributed by atoms with Crippen LogP contribution in [0.2, 0.25) is 0 Å². The predicted molar refractivity (Wildman–Crippen MR) is 62.3 cm³/mol. The number of hydrogen-bond donors (Lipinski definition) is 3. The Balaban J connectivity index is 2.85. The van der Waals surface area contributed by atoms with Crippen LogP contribution in [-0.4, -0.2) is 43.8 Å². The Morgan fingerprint density at radius 3 is 1.88 bits per heavy atom. The molecule has 1 heterocycles. The van der Waals surface area contributed by atoms with Gasteiger partial charge in [0.15, 0.2) is 0 Å². The lowest BCUT2D eigenvalue weighted by atomic mass is 9.71. The fourth-order valence-electron chi connectivity index (χ4n) is 3.23. The van der Waals surface area contributed by atoms with Gasteiger partial charge < -0.3 is 15.4 Å². The van der Waals surface area contributed by atoms with Gasteiger partial charge in [-0.2, -0.15) is 5.06 Å². The normalized spacial score (nSPS) is 27.9. The zero-order valence-electron chi connectivity index (χ0n) is 10.8. The average molecular weight is 231 g/mol. The van der Waals surface area contributed by atoms with E-state index in [2.05, 4.69) is 0 Å². The predicted octanol–water partition coefficient (Wildman–Crippen LogP) is 1.53. The largest absolute Gasteiger partial charge is 0.396 e. The van der Waals surface area contributed by atoms with Gasteiger partial charge in [0.05, 0.1) is 5.60 Å². The Bertz CT molecular complexity index is 233. The van der Waals surface area contributed by atoms with Crippen molar-refractivity contribution < 1.29 is 15.4 Å². The molecule has 0 amide bonds. The summed E-state index contributed by atoms with van der Waals surface area (Å²) in [5.41, 5.74) is -1.66. The molecule has 0 saturated carbocycles. The first-order chi connectivity index (χ1) is 7.13. The van der Waals surface area contributed by atoms with Crippen LogP contribution in [0.15, 0.2) is 0 Å². The molecule has 1 fully saturated rings. The Kier molecular flexibility index (Phi) is 3.70. The summed E-state index contributed by atoms with van der Waals surface area (Å²) in [6.07, 6.45) is 2.25. The number of hydrogen-bond acceptors (Lipinski definition) is 4. The number of rotatable bonds is 3. The molecule has 0 aliphatic carbocycles. The van der Waals surface area contributed by atoms with Crippen LogP contribution in [0.5, 0.6) is 0 Å². The maximum absolute atomic E-state index is 10.5. The summed E-state index contributed by atoms with van der Waals surface area (Å²) in [5.74, 6) is 0. The van der Waals surface area contributed by atoms with Gasteiger partial charge in [-0.05, 0) is 53.4 Å². The Morgan fingerprint density at radius 2 is 1.50 bits per heavy atom. The molecule has 0 bridgehead atoms. The van der Waals surface area contributed by atoms with Gasteiger partial charge in [0.2, 0.25) is 0 Å². The number of hydroxylamine groups is 2. The molecule has 0 aromatic rings. The molecule has 4 heteroatoms. The van der Waals surface area contributed by atoms with E-state index in [1.54, 1.807) is 0 Å². The lowest BCUT2D eigenvalue weighted by molar-refractivity contribution is -0.275. The van der Waals surface area contributed by atoms with Crippen LogP contribution in [-0.2, 0) is 0 Å². The fourth-order valence-corrected chi connectivity index (χ4v) is 3.23. The van der Waals surface area contributed by atoms with E-state index in [-0.39, 0.29) is 6.61 Å². The van der Waals surface area contributed by atoms with Gasteiger partial charge in [0, 0.05) is 17.7 Å². The maximum atomic E-state index is 10.5. The molecular weight excluding hydrogens is 206 g/mol. The minimum Gasteiger partial charge on any atom is -0.396 e. The Hall–Kier alpha value is -0.160. The van der Waals surface area contributed by atoms with Crippen LogP contribution in [0.4, 0.5) is 0 Å². The molecule has 1 aliphatic heterocycles. The quantitative estimate of drug-likeness (QED) is 0.689. The molecule has 0 spiro atoms. The highest BCUT2D eigenvalue weighted by molar-refractivity contribution is 5.03. The van der Waals surface area contributed by atoms with Crippen molar-refractivity contribution >= 4 is 0 Å². The fraction of sp³-hybridized carbons (Fsp3) is 1.00. The highest BCUT2D eigenvalue weighted by atomic mass is 16.5. The standard InChI is InChI=1S/C12H25NO3/c1-10(2)8-12(15,6-5-7-14)9-11(3,4)13(10)16/h14-16H,5-9H2,1-4H3. The van der Waals surface area contributed by atoms with Crippen molar-refractivity contribution in [2.24, 2.45) is 0 Å². The van der Waals surface area contributed by atoms with Crippen LogP contribution in [0, 0.1) is 0 Å². The summed E-state index contributed by atoms with van der Waals surface area (Å²) in [4.78, 5) is 0. The van der Waals surface area contributed by atoms with E-state index in [9.17, 15) is 10.3 Å². The maximum Gasteiger partial charge on any atom is 0.0685 e. The van der Waals surface area contributed by atoms with Gasteiger partial charge >= 0.3 is 0 Å². The second-order valence-corrected chi connectivity index (χ2v) is 6.34. The van der Waals surface area contributed by atoms with Gasteiger partial charge in [-0.3, -0.25) is 0 Å². The molecule has 1 aliphatic rings. The van der Waals surface area contributed by atoms with Crippen LogP contribution in [0.1, 0.15) is 53.4 Å². The van der Waals surface area contributed by atoms with Gasteiger partial charge in [-0.1, -0.05) is 0 Å². The van der Waals surface area contributed by atoms with Crippen molar-refractivity contribution in [1.29, 1.82) is 0 Å². The molecule has 1 rings (SSSR count). The average Bonchev–Trinajstić information content (AvgIpc) is 2.10. The van der Waals surface area contributed by atoms with E-state index >= 15 is 0 Å². The number of aliphatic hydroxyl groups excluding tert-OH is 1. The zero-order chi connectivity index (χ0) is 12.6. The molecule has 3 N–H and O–H groups in total. The smallest absolute Gasteiger partial charge is 0.0685 e. The molecular formula is C12H25NO3. The van der Waals surface area contributed by atoms with E-state index < -0.39 is 16.7 Å². The molecule has 0 atom stereocenters. The van der Waals surface area contributed by atoms with Crippen LogP contribution in [0.3, 0.4) is 0 Å². The van der Waals surface area contributed by atoms with Gasteiger partial charge in [0.25, 0.3) is 0 Å². The summed E-state index contributed by atoms with van der Waals surface area (Å²) >= 11 is 0. The minimum atomic E-state index is -0.783. The van der Waals surface area contributed by atoms with Crippen molar-refractivity contribution in [2.45, 2.75) is 70.1 Å². The highest BCUT2D eigenvalue weighted by Crippen LogP contribution is 2.43. The molecule has 4 nitrogen and oxygen atoms in total. The molecule has 96 valence electrons. The molecule has 0 aromatic heterocycles. The van der Waals surface area contributed by atoms with Crippen molar-refractivity contribution in [3.05, 3.63) is 0 Å². The second kappa shape index (κ2) is 4.26. The summed E-state index contributed by atoms with van der Waals surface area (Å²) in [6.45, 7) is 7.82. The number of aliphatic hydroxyl groups is 2. The molecule has 0 unspecified atom stereocenters. The van der Waals surface area contributed by atoms with E-state index in [4.69, 9.17) is 5.11 Å². The molecule has 16 heavy (non-hydrogen) atoms. The van der Waals surface area contributed by atoms with E-state index in [1.165, 1.54) is 5.06 Å². The molecule has 0 aromatic carbocycles. The van der Waals surface area contributed by atoms with Crippen molar-refractivity contribution in [3.8, 4) is 0 Å². The lowest BCUT2D eigenvalue weighted by Crippen LogP contribution is -2.64. The second-order valence-electron chi connectivity index (χ2n) is 6.34. The monoisotopic (exact) mass is 231 g/mol. The van der Waals surface area contributed by atoms with Crippen molar-refractivity contribution in [1.82, 2.24) is 5.06 Å². The van der Waals surface area contributed by atoms with Crippen LogP contribution >= 0.6 is 0 Å². The number of nitrogens with zero attached hydrogens (tertiary/aromatic N) is 1. The van der Waals surface area contributed by atoms with Crippen molar-refractivity contribution in [3.63, 3.8) is 0 Å². The zero-order valence-corrected chi connectivity index (χ0v) is 10.8. The third-order valence-electron chi connectivity index (χ3n) is 3.47. The molecule has 0 radical (unpaired) electrons. The Morgan fingerprint density at radius 1 is 1.06 bits per heavy atom. The van der Waals surface area contributed by atoms with Gasteiger partial charge in [-0.15, -0.1) is 0 Å². The summed E-state index contributed by atoms with van der Waals surface area (Å²) in [6, 6.07) is 0. The van der Waals surface area contributed by atoms with E-state index in [0.29, 0.717) is 25.7 Å². The lowest BCUT2D eigenvalue weighted by Gasteiger charge is -2.54. The first-order valence-corrected chi connectivity index (χ1v) is 5.95.